The van der Waals surface area contributed by atoms with Crippen LogP contribution < -0.4 is 19.5 Å². The molecule has 6 nitrogen and oxygen atoms in total. The highest BCUT2D eigenvalue weighted by atomic mass is 16.5. The third kappa shape index (κ3) is 3.46. The number of fused-ring (bicyclic) bond motifs is 3. The number of rotatable bonds is 8. The van der Waals surface area contributed by atoms with Crippen LogP contribution >= 0.6 is 0 Å². The standard InChI is InChI=1S/C23H27N3O3/c1-5-27-16-10-8-9-15(11-16)24-23-21-14(4)17-12-19(28-6-2)20(29-7-3)13-18(17)22(21)25-26-23/h8-13,24-26H,5-7H2,1-4H3. The number of hydrogen-bond donors (Lipinski definition) is 3. The molecule has 0 bridgehead atoms. The summed E-state index contributed by atoms with van der Waals surface area (Å²) in [6.07, 6.45) is 0. The van der Waals surface area contributed by atoms with Gasteiger partial charge in [0.25, 0.3) is 0 Å². The minimum absolute atomic E-state index is 0.592. The lowest BCUT2D eigenvalue weighted by Gasteiger charge is -2.11. The Morgan fingerprint density at radius 1 is 0.828 bits per heavy atom. The molecule has 0 unspecified atom stereocenters. The normalized spacial score (nSPS) is 11.2. The average Bonchev–Trinajstić information content (AvgIpc) is 3.23. The van der Waals surface area contributed by atoms with Crippen molar-refractivity contribution in [1.29, 1.82) is 0 Å². The van der Waals surface area contributed by atoms with Crippen molar-refractivity contribution in [2.75, 3.05) is 25.1 Å². The van der Waals surface area contributed by atoms with Crippen molar-refractivity contribution in [2.45, 2.75) is 27.7 Å². The van der Waals surface area contributed by atoms with Gasteiger partial charge in [0.2, 0.25) is 0 Å². The van der Waals surface area contributed by atoms with Crippen LogP contribution in [0.5, 0.6) is 17.2 Å². The number of benzene rings is 2. The lowest BCUT2D eigenvalue weighted by atomic mass is 10.1. The number of ether oxygens (including phenoxy) is 3. The summed E-state index contributed by atoms with van der Waals surface area (Å²) < 4.78 is 17.2. The molecule has 1 aliphatic heterocycles. The highest BCUT2D eigenvalue weighted by molar-refractivity contribution is 6.08. The average molecular weight is 393 g/mol. The Balaban J connectivity index is 1.76. The molecule has 4 rings (SSSR count). The Labute approximate surface area is 170 Å². The molecule has 0 spiro atoms. The van der Waals surface area contributed by atoms with Crippen LogP contribution in [0.3, 0.4) is 0 Å². The lowest BCUT2D eigenvalue weighted by molar-refractivity contribution is 0.288. The molecule has 0 radical (unpaired) electrons. The summed E-state index contributed by atoms with van der Waals surface area (Å²) in [5, 5.41) is 12.3. The molecule has 2 aromatic rings. The summed E-state index contributed by atoms with van der Waals surface area (Å²) in [5.41, 5.74) is 4.31. The summed E-state index contributed by atoms with van der Waals surface area (Å²) in [6, 6.07) is 12.1. The Morgan fingerprint density at radius 2 is 1.52 bits per heavy atom. The molecule has 2 aliphatic rings. The van der Waals surface area contributed by atoms with Crippen LogP contribution in [-0.2, 0) is 0 Å². The molecule has 29 heavy (non-hydrogen) atoms. The zero-order valence-electron chi connectivity index (χ0n) is 17.3. The van der Waals surface area contributed by atoms with E-state index in [1.807, 2.05) is 45.0 Å². The second-order valence-corrected chi connectivity index (χ2v) is 6.80. The van der Waals surface area contributed by atoms with Gasteiger partial charge in [0.1, 0.15) is 11.6 Å². The van der Waals surface area contributed by atoms with Crippen molar-refractivity contribution < 1.29 is 14.2 Å². The Morgan fingerprint density at radius 3 is 2.21 bits per heavy atom. The van der Waals surface area contributed by atoms with E-state index in [2.05, 4.69) is 34.6 Å². The van der Waals surface area contributed by atoms with Crippen molar-refractivity contribution in [1.82, 2.24) is 10.2 Å². The van der Waals surface area contributed by atoms with E-state index in [1.165, 1.54) is 5.56 Å². The summed E-state index contributed by atoms with van der Waals surface area (Å²) in [4.78, 5) is 0. The number of nitrogens with one attached hydrogen (secondary N) is 3. The van der Waals surface area contributed by atoms with E-state index in [4.69, 9.17) is 14.2 Å². The van der Waals surface area contributed by atoms with Crippen LogP contribution in [0.25, 0.3) is 22.0 Å². The monoisotopic (exact) mass is 393 g/mol. The summed E-state index contributed by atoms with van der Waals surface area (Å²) in [6.45, 7) is 9.90. The number of H-pyrrole nitrogens is 2. The van der Waals surface area contributed by atoms with Gasteiger partial charge in [-0.25, -0.2) is 0 Å². The van der Waals surface area contributed by atoms with Crippen LogP contribution in [-0.4, -0.2) is 30.0 Å². The highest BCUT2D eigenvalue weighted by Crippen LogP contribution is 2.46. The van der Waals surface area contributed by atoms with Gasteiger partial charge in [-0.05, 0) is 62.9 Å². The van der Waals surface area contributed by atoms with Gasteiger partial charge in [0.15, 0.2) is 11.5 Å². The van der Waals surface area contributed by atoms with Gasteiger partial charge < -0.3 is 19.5 Å². The molecule has 3 N–H and O–H groups in total. The second-order valence-electron chi connectivity index (χ2n) is 6.80. The number of aromatic nitrogens is 2. The lowest BCUT2D eigenvalue weighted by Crippen LogP contribution is -1.98. The second kappa shape index (κ2) is 7.99. The predicted molar refractivity (Wildman–Crippen MR) is 117 cm³/mol. The maximum Gasteiger partial charge on any atom is 0.161 e. The van der Waals surface area contributed by atoms with Crippen molar-refractivity contribution in [2.24, 2.45) is 0 Å². The molecular weight excluding hydrogens is 366 g/mol. The van der Waals surface area contributed by atoms with Gasteiger partial charge in [-0.1, -0.05) is 6.07 Å². The van der Waals surface area contributed by atoms with Crippen LogP contribution in [0.4, 0.5) is 11.5 Å². The maximum atomic E-state index is 5.82. The molecular formula is C23H27N3O3. The molecule has 1 heterocycles. The highest BCUT2D eigenvalue weighted by Gasteiger charge is 2.23. The van der Waals surface area contributed by atoms with Crippen LogP contribution in [0.2, 0.25) is 0 Å². The largest absolute Gasteiger partial charge is 0.494 e. The molecule has 0 amide bonds. The van der Waals surface area contributed by atoms with Gasteiger partial charge in [-0.3, -0.25) is 10.2 Å². The van der Waals surface area contributed by atoms with Crippen LogP contribution in [0.15, 0.2) is 36.4 Å². The minimum atomic E-state index is 0.592. The van der Waals surface area contributed by atoms with E-state index >= 15 is 0 Å². The quantitative estimate of drug-likeness (QED) is 0.351. The number of anilines is 2. The number of aryl methyl sites for hydroxylation is 1. The zero-order chi connectivity index (χ0) is 20.4. The third-order valence-corrected chi connectivity index (χ3v) is 4.96. The molecule has 6 heteroatoms. The fraction of sp³-hybridized carbons (Fsp3) is 0.304. The minimum Gasteiger partial charge on any atom is -0.494 e. The summed E-state index contributed by atoms with van der Waals surface area (Å²) in [7, 11) is 0. The molecule has 0 fully saturated rings. The topological polar surface area (TPSA) is 71.3 Å². The summed E-state index contributed by atoms with van der Waals surface area (Å²) in [5.74, 6) is 3.30. The molecule has 0 aromatic heterocycles. The number of hydrogen-bond acceptors (Lipinski definition) is 4. The van der Waals surface area contributed by atoms with Crippen molar-refractivity contribution in [3.8, 4) is 28.5 Å². The molecule has 0 saturated heterocycles. The van der Waals surface area contributed by atoms with Crippen LogP contribution in [0.1, 0.15) is 26.3 Å². The van der Waals surface area contributed by atoms with Crippen molar-refractivity contribution in [3.05, 3.63) is 42.0 Å². The zero-order valence-corrected chi connectivity index (χ0v) is 17.3. The van der Waals surface area contributed by atoms with E-state index in [-0.39, 0.29) is 0 Å². The predicted octanol–water partition coefficient (Wildman–Crippen LogP) is 5.85. The van der Waals surface area contributed by atoms with E-state index < -0.39 is 0 Å². The smallest absolute Gasteiger partial charge is 0.161 e. The first-order valence-corrected chi connectivity index (χ1v) is 10.1. The molecule has 152 valence electrons. The van der Waals surface area contributed by atoms with E-state index in [0.717, 1.165) is 50.8 Å². The maximum absolute atomic E-state index is 5.82. The molecule has 2 aromatic carbocycles. The Kier molecular flexibility index (Phi) is 5.25. The SMILES string of the molecule is CCOc1cccc(Nc2[nH][nH]c3c4cc(OCC)c(OCC)cc4c(C)c2-3)c1. The van der Waals surface area contributed by atoms with Crippen molar-refractivity contribution >= 4 is 22.3 Å². The van der Waals surface area contributed by atoms with Gasteiger partial charge in [-0.15, -0.1) is 0 Å². The van der Waals surface area contributed by atoms with Gasteiger partial charge in [0.05, 0.1) is 25.5 Å². The molecule has 0 saturated carbocycles. The first-order valence-electron chi connectivity index (χ1n) is 10.1. The van der Waals surface area contributed by atoms with E-state index in [9.17, 15) is 0 Å². The van der Waals surface area contributed by atoms with Gasteiger partial charge in [-0.2, -0.15) is 0 Å². The fourth-order valence-corrected chi connectivity index (χ4v) is 3.77. The number of aromatic amines is 2. The molecule has 1 aliphatic carbocycles. The first-order chi connectivity index (χ1) is 14.2. The Hall–Kier alpha value is -3.28. The van der Waals surface area contributed by atoms with E-state index in [0.29, 0.717) is 19.8 Å². The van der Waals surface area contributed by atoms with Crippen LogP contribution in [0, 0.1) is 6.92 Å². The van der Waals surface area contributed by atoms with Gasteiger partial charge in [0, 0.05) is 22.7 Å². The fourth-order valence-electron chi connectivity index (χ4n) is 3.77. The third-order valence-electron chi connectivity index (χ3n) is 4.96. The summed E-state index contributed by atoms with van der Waals surface area (Å²) >= 11 is 0. The Bertz CT molecular complexity index is 1100. The molecule has 0 atom stereocenters. The first kappa shape index (κ1) is 19.1. The van der Waals surface area contributed by atoms with Gasteiger partial charge >= 0.3 is 0 Å². The van der Waals surface area contributed by atoms with Crippen molar-refractivity contribution in [3.63, 3.8) is 0 Å². The van der Waals surface area contributed by atoms with E-state index in [1.54, 1.807) is 0 Å².